The maximum atomic E-state index is 6.19. The van der Waals surface area contributed by atoms with Gasteiger partial charge >= 0.3 is 0 Å². The number of hydrogen-bond acceptors (Lipinski definition) is 6. The molecule has 0 unspecified atom stereocenters. The van der Waals surface area contributed by atoms with Crippen LogP contribution < -0.4 is 28.4 Å². The second kappa shape index (κ2) is 37.6. The lowest BCUT2D eigenvalue weighted by Gasteiger charge is -2.28. The van der Waals surface area contributed by atoms with Crippen molar-refractivity contribution in [3.05, 3.63) is 212 Å². The number of aryl methyl sites for hydroxylation is 6. The van der Waals surface area contributed by atoms with Crippen LogP contribution in [0, 0.1) is 0 Å². The summed E-state index contributed by atoms with van der Waals surface area (Å²) >= 11 is 0. The van der Waals surface area contributed by atoms with Gasteiger partial charge in [-0.15, -0.1) is 0 Å². The van der Waals surface area contributed by atoms with E-state index in [0.29, 0.717) is 0 Å². The van der Waals surface area contributed by atoms with E-state index in [-0.39, 0.29) is 0 Å². The first kappa shape index (κ1) is 64.9. The highest BCUT2D eigenvalue weighted by atomic mass is 16.5. The molecule has 0 aromatic heterocycles. The summed E-state index contributed by atoms with van der Waals surface area (Å²) in [5.74, 6) is 5.70. The van der Waals surface area contributed by atoms with E-state index in [4.69, 9.17) is 28.4 Å². The number of hydrogen-bond donors (Lipinski definition) is 0. The summed E-state index contributed by atoms with van der Waals surface area (Å²) in [6, 6.07) is 53.8. The summed E-state index contributed by atoms with van der Waals surface area (Å²) in [6.45, 7) is 17.8. The van der Waals surface area contributed by atoms with Gasteiger partial charge in [0, 0.05) is 0 Å². The Morgan fingerprint density at radius 3 is 0.429 bits per heavy atom. The summed E-state index contributed by atoms with van der Waals surface area (Å²) in [6.07, 6.45) is 24.3. The maximum absolute atomic E-state index is 6.19. The van der Waals surface area contributed by atoms with Gasteiger partial charge in [0.2, 0.25) is 0 Å². The zero-order valence-electron chi connectivity index (χ0n) is 52.5. The Labute approximate surface area is 508 Å². The van der Waals surface area contributed by atoms with Crippen LogP contribution in [0.15, 0.2) is 146 Å². The molecule has 0 aliphatic rings. The summed E-state index contributed by atoms with van der Waals surface area (Å²) < 4.78 is 37.1. The minimum Gasteiger partial charge on any atom is -0.494 e. The van der Waals surface area contributed by atoms with E-state index in [2.05, 4.69) is 187 Å². The zero-order valence-corrected chi connectivity index (χ0v) is 52.5. The van der Waals surface area contributed by atoms with E-state index in [0.717, 1.165) is 228 Å². The molecule has 0 amide bonds. The first-order valence-electron chi connectivity index (χ1n) is 32.9. The second-order valence-electron chi connectivity index (χ2n) is 22.9. The zero-order chi connectivity index (χ0) is 58.8. The molecule has 0 heterocycles. The molecule has 0 saturated carbocycles. The van der Waals surface area contributed by atoms with Crippen molar-refractivity contribution in [1.82, 2.24) is 0 Å². The minimum atomic E-state index is 0.746. The highest BCUT2D eigenvalue weighted by molar-refractivity contribution is 5.55. The smallest absolute Gasteiger partial charge is 0.119 e. The van der Waals surface area contributed by atoms with Crippen LogP contribution in [-0.2, 0) is 77.0 Å². The molecular formula is C78H102O6. The van der Waals surface area contributed by atoms with Crippen LogP contribution in [0.3, 0.4) is 0 Å². The molecule has 84 heavy (non-hydrogen) atoms. The molecule has 0 aliphatic heterocycles. The third-order valence-corrected chi connectivity index (χ3v) is 16.3. The van der Waals surface area contributed by atoms with Crippen LogP contribution >= 0.6 is 0 Å². The Kier molecular flexibility index (Phi) is 29.1. The van der Waals surface area contributed by atoms with Crippen molar-refractivity contribution in [2.24, 2.45) is 0 Å². The largest absolute Gasteiger partial charge is 0.494 e. The number of unbranched alkanes of at least 4 members (excludes halogenated alkanes) is 6. The van der Waals surface area contributed by atoms with E-state index in [1.165, 1.54) is 33.4 Å². The van der Waals surface area contributed by atoms with Crippen LogP contribution in [0.1, 0.15) is 185 Å². The van der Waals surface area contributed by atoms with Gasteiger partial charge in [-0.05, 0) is 255 Å². The fourth-order valence-corrected chi connectivity index (χ4v) is 11.0. The normalized spacial score (nSPS) is 11.2. The second-order valence-corrected chi connectivity index (χ2v) is 22.9. The molecule has 7 aromatic rings. The van der Waals surface area contributed by atoms with E-state index >= 15 is 0 Å². The Morgan fingerprint density at radius 2 is 0.310 bits per heavy atom. The summed E-state index contributed by atoms with van der Waals surface area (Å²) in [5.41, 5.74) is 17.3. The Morgan fingerprint density at radius 1 is 0.179 bits per heavy atom. The Bertz CT molecular complexity index is 2330. The average molecular weight is 1140 g/mol. The first-order valence-corrected chi connectivity index (χ1v) is 32.9. The molecular weight excluding hydrogens is 1030 g/mol. The van der Waals surface area contributed by atoms with Gasteiger partial charge in [-0.3, -0.25) is 0 Å². The van der Waals surface area contributed by atoms with Crippen molar-refractivity contribution in [3.8, 4) is 34.5 Å². The number of ether oxygens (including phenoxy) is 6. The standard InChI is InChI=1S/C78H102O6/c1-7-13-55-79-67-37-19-61(20-38-67)31-49-73-74(50-32-62-21-39-68(40-22-62)80-56-14-8-2)76(52-34-64-25-43-70(44-26-64)82-58-16-10-4)78(54-36-66-29-47-72(48-30-66)84-60-18-12-6)77(53-35-65-27-45-71(46-28-65)83-59-17-11-5)75(73)51-33-63-23-41-69(42-24-63)81-57-15-9-3/h19-30,37-48H,7-18,31-36,49-60H2,1-6H3. The summed E-state index contributed by atoms with van der Waals surface area (Å²) in [7, 11) is 0. The van der Waals surface area contributed by atoms with Crippen LogP contribution in [0.5, 0.6) is 34.5 Å². The van der Waals surface area contributed by atoms with Gasteiger partial charge in [-0.25, -0.2) is 0 Å². The lowest BCUT2D eigenvalue weighted by atomic mass is 9.76. The Hall–Kier alpha value is -6.66. The van der Waals surface area contributed by atoms with Crippen LogP contribution in [0.2, 0.25) is 0 Å². The molecule has 0 aliphatic carbocycles. The molecule has 0 fully saturated rings. The minimum absolute atomic E-state index is 0.746. The SMILES string of the molecule is CCCCOc1ccc(CCc2c(CCc3ccc(OCCCC)cc3)c(CCc3ccc(OCCCC)cc3)c(CCc3ccc(OCCCC)cc3)c(CCc3ccc(OCCCC)cc3)c2CCc2ccc(OCCCC)cc2)cc1. The molecule has 6 heteroatoms. The van der Waals surface area contributed by atoms with E-state index in [1.54, 1.807) is 33.4 Å². The molecule has 0 spiro atoms. The molecule has 450 valence electrons. The molecule has 0 radical (unpaired) electrons. The maximum Gasteiger partial charge on any atom is 0.119 e. The predicted octanol–water partition coefficient (Wildman–Crippen LogP) is 19.5. The summed E-state index contributed by atoms with van der Waals surface area (Å²) in [4.78, 5) is 0. The number of benzene rings is 7. The van der Waals surface area contributed by atoms with E-state index in [9.17, 15) is 0 Å². The number of rotatable bonds is 42. The quantitative estimate of drug-likeness (QED) is 0.0356. The lowest BCUT2D eigenvalue weighted by molar-refractivity contribution is 0.309. The predicted molar refractivity (Wildman–Crippen MR) is 352 cm³/mol. The van der Waals surface area contributed by atoms with Crippen LogP contribution in [0.4, 0.5) is 0 Å². The van der Waals surface area contributed by atoms with Gasteiger partial charge in [0.1, 0.15) is 34.5 Å². The van der Waals surface area contributed by atoms with Crippen LogP contribution in [-0.4, -0.2) is 39.6 Å². The summed E-state index contributed by atoms with van der Waals surface area (Å²) in [5, 5.41) is 0. The van der Waals surface area contributed by atoms with Crippen molar-refractivity contribution in [3.63, 3.8) is 0 Å². The van der Waals surface area contributed by atoms with Crippen molar-refractivity contribution >= 4 is 0 Å². The molecule has 6 nitrogen and oxygen atoms in total. The van der Waals surface area contributed by atoms with Crippen molar-refractivity contribution in [2.45, 2.75) is 196 Å². The monoisotopic (exact) mass is 1130 g/mol. The van der Waals surface area contributed by atoms with E-state index < -0.39 is 0 Å². The van der Waals surface area contributed by atoms with Crippen LogP contribution in [0.25, 0.3) is 0 Å². The third kappa shape index (κ3) is 22.1. The highest BCUT2D eigenvalue weighted by Crippen LogP contribution is 2.36. The molecule has 0 N–H and O–H groups in total. The fourth-order valence-electron chi connectivity index (χ4n) is 11.0. The average Bonchev–Trinajstić information content (AvgIpc) is 3.49. The van der Waals surface area contributed by atoms with Crippen molar-refractivity contribution in [2.75, 3.05) is 39.6 Å². The van der Waals surface area contributed by atoms with Gasteiger partial charge in [0.15, 0.2) is 0 Å². The molecule has 0 bridgehead atoms. The Balaban J connectivity index is 1.39. The van der Waals surface area contributed by atoms with Gasteiger partial charge in [0.05, 0.1) is 39.6 Å². The van der Waals surface area contributed by atoms with E-state index in [1.807, 2.05) is 0 Å². The third-order valence-electron chi connectivity index (χ3n) is 16.3. The fraction of sp³-hybridized carbons (Fsp3) is 0.462. The van der Waals surface area contributed by atoms with Gasteiger partial charge in [0.25, 0.3) is 0 Å². The molecule has 7 aromatic carbocycles. The molecule has 0 atom stereocenters. The highest BCUT2D eigenvalue weighted by Gasteiger charge is 2.24. The van der Waals surface area contributed by atoms with Gasteiger partial charge in [-0.1, -0.05) is 153 Å². The van der Waals surface area contributed by atoms with Crippen molar-refractivity contribution in [1.29, 1.82) is 0 Å². The van der Waals surface area contributed by atoms with Gasteiger partial charge in [-0.2, -0.15) is 0 Å². The van der Waals surface area contributed by atoms with Crippen molar-refractivity contribution < 1.29 is 28.4 Å². The topological polar surface area (TPSA) is 55.4 Å². The lowest BCUT2D eigenvalue weighted by Crippen LogP contribution is -2.18. The first-order chi connectivity index (χ1) is 41.4. The molecule has 0 saturated heterocycles. The van der Waals surface area contributed by atoms with Gasteiger partial charge < -0.3 is 28.4 Å². The molecule has 7 rings (SSSR count).